The Balaban J connectivity index is 1.67. The number of hydrogen-bond acceptors (Lipinski definition) is 6. The van der Waals surface area contributed by atoms with Gasteiger partial charge in [-0.25, -0.2) is 5.43 Å². The highest BCUT2D eigenvalue weighted by atomic mass is 16.6. The Morgan fingerprint density at radius 2 is 1.96 bits per heavy atom. The Labute approximate surface area is 160 Å². The lowest BCUT2D eigenvalue weighted by atomic mass is 10.1. The van der Waals surface area contributed by atoms with E-state index >= 15 is 0 Å². The zero-order chi connectivity index (χ0) is 20.1. The monoisotopic (exact) mass is 379 g/mol. The van der Waals surface area contributed by atoms with Crippen molar-refractivity contribution in [2.45, 2.75) is 13.0 Å². The second-order valence-electron chi connectivity index (χ2n) is 5.97. The minimum Gasteiger partial charge on any atom is -0.507 e. The van der Waals surface area contributed by atoms with Crippen molar-refractivity contribution < 1.29 is 19.6 Å². The van der Waals surface area contributed by atoms with Crippen LogP contribution in [0.5, 0.6) is 11.5 Å². The minimum absolute atomic E-state index is 0.108. The fraction of sp³-hybridized carbons (Fsp3) is 0.100. The molecule has 0 aliphatic rings. The van der Waals surface area contributed by atoms with Crippen LogP contribution >= 0.6 is 0 Å². The summed E-state index contributed by atoms with van der Waals surface area (Å²) in [6, 6.07) is 16.7. The number of nitro benzene ring substituents is 1. The molecule has 0 spiro atoms. The number of amides is 1. The molecule has 0 heterocycles. The van der Waals surface area contributed by atoms with Crippen molar-refractivity contribution in [2.24, 2.45) is 5.10 Å². The number of nitrogens with one attached hydrogen (secondary N) is 1. The van der Waals surface area contributed by atoms with Gasteiger partial charge >= 0.3 is 0 Å². The molecule has 0 aliphatic heterocycles. The Morgan fingerprint density at radius 3 is 2.75 bits per heavy atom. The molecule has 1 atom stereocenters. The van der Waals surface area contributed by atoms with E-state index in [0.29, 0.717) is 5.75 Å². The van der Waals surface area contributed by atoms with Gasteiger partial charge in [0.15, 0.2) is 6.10 Å². The lowest BCUT2D eigenvalue weighted by molar-refractivity contribution is -0.384. The van der Waals surface area contributed by atoms with Crippen molar-refractivity contribution in [3.8, 4) is 11.5 Å². The third-order valence-corrected chi connectivity index (χ3v) is 4.02. The minimum atomic E-state index is -0.832. The quantitative estimate of drug-likeness (QED) is 0.387. The number of benzene rings is 3. The maximum atomic E-state index is 12.2. The first kappa shape index (κ1) is 18.8. The number of hydrazone groups is 1. The van der Waals surface area contributed by atoms with Gasteiger partial charge in [0.05, 0.1) is 11.1 Å². The van der Waals surface area contributed by atoms with E-state index < -0.39 is 16.9 Å². The number of phenols is 1. The van der Waals surface area contributed by atoms with Crippen molar-refractivity contribution in [3.63, 3.8) is 0 Å². The van der Waals surface area contributed by atoms with Gasteiger partial charge in [-0.3, -0.25) is 14.9 Å². The van der Waals surface area contributed by atoms with Gasteiger partial charge in [-0.2, -0.15) is 5.10 Å². The number of nitro groups is 1. The number of aromatic hydroxyl groups is 1. The number of fused-ring (bicyclic) bond motifs is 1. The third-order valence-electron chi connectivity index (χ3n) is 4.02. The summed E-state index contributed by atoms with van der Waals surface area (Å²) in [6.07, 6.45) is 0.298. The zero-order valence-corrected chi connectivity index (χ0v) is 14.9. The molecule has 1 amide bonds. The van der Waals surface area contributed by atoms with Crippen molar-refractivity contribution in [2.75, 3.05) is 0 Å². The molecular formula is C20H17N3O5. The molecule has 142 valence electrons. The number of ether oxygens (including phenoxy) is 1. The topological polar surface area (TPSA) is 114 Å². The molecular weight excluding hydrogens is 362 g/mol. The Kier molecular flexibility index (Phi) is 5.50. The average Bonchev–Trinajstić information content (AvgIpc) is 2.69. The summed E-state index contributed by atoms with van der Waals surface area (Å²) in [5.74, 6) is -0.126. The first-order chi connectivity index (χ1) is 13.5. The van der Waals surface area contributed by atoms with Crippen molar-refractivity contribution in [1.29, 1.82) is 0 Å². The van der Waals surface area contributed by atoms with E-state index in [1.165, 1.54) is 12.1 Å². The predicted octanol–water partition coefficient (Wildman–Crippen LogP) is 3.37. The molecule has 0 aromatic heterocycles. The van der Waals surface area contributed by atoms with Crippen LogP contribution in [0.4, 0.5) is 5.69 Å². The molecule has 0 saturated carbocycles. The molecule has 2 N–H and O–H groups in total. The van der Waals surface area contributed by atoms with Gasteiger partial charge in [0.2, 0.25) is 0 Å². The molecule has 0 bridgehead atoms. The first-order valence-electron chi connectivity index (χ1n) is 8.40. The predicted molar refractivity (Wildman–Crippen MR) is 105 cm³/mol. The molecule has 8 heteroatoms. The first-order valence-corrected chi connectivity index (χ1v) is 8.40. The lowest BCUT2D eigenvalue weighted by Crippen LogP contribution is -2.33. The average molecular weight is 379 g/mol. The van der Waals surface area contributed by atoms with Crippen LogP contribution in [-0.4, -0.2) is 28.3 Å². The number of rotatable bonds is 6. The Bertz CT molecular complexity index is 1060. The summed E-state index contributed by atoms with van der Waals surface area (Å²) >= 11 is 0. The van der Waals surface area contributed by atoms with Crippen LogP contribution in [0.1, 0.15) is 12.5 Å². The highest BCUT2D eigenvalue weighted by Gasteiger charge is 2.15. The van der Waals surface area contributed by atoms with E-state index in [9.17, 15) is 20.0 Å². The fourth-order valence-electron chi connectivity index (χ4n) is 2.56. The highest BCUT2D eigenvalue weighted by Crippen LogP contribution is 2.26. The van der Waals surface area contributed by atoms with Gasteiger partial charge in [0.1, 0.15) is 11.5 Å². The van der Waals surface area contributed by atoms with E-state index in [1.54, 1.807) is 13.0 Å². The van der Waals surface area contributed by atoms with Crippen LogP contribution in [0.15, 0.2) is 65.8 Å². The highest BCUT2D eigenvalue weighted by molar-refractivity contribution is 5.89. The molecule has 8 nitrogen and oxygen atoms in total. The van der Waals surface area contributed by atoms with Gasteiger partial charge < -0.3 is 9.84 Å². The number of nitrogens with zero attached hydrogens (tertiary/aromatic N) is 2. The van der Waals surface area contributed by atoms with E-state index in [0.717, 1.165) is 23.1 Å². The molecule has 0 fully saturated rings. The maximum Gasteiger partial charge on any atom is 0.280 e. The molecule has 0 aliphatic carbocycles. The Hall–Kier alpha value is -3.94. The molecule has 3 aromatic carbocycles. The van der Waals surface area contributed by atoms with Crippen molar-refractivity contribution in [1.82, 2.24) is 5.43 Å². The SMILES string of the molecule is C[C@@H](Oc1cccc2ccccc12)C(=O)N/N=C/c1cc([N+](=O)[O-])ccc1O. The van der Waals surface area contributed by atoms with E-state index in [4.69, 9.17) is 4.74 Å². The van der Waals surface area contributed by atoms with Crippen LogP contribution < -0.4 is 10.2 Å². The lowest BCUT2D eigenvalue weighted by Gasteiger charge is -2.14. The fourth-order valence-corrected chi connectivity index (χ4v) is 2.56. The van der Waals surface area contributed by atoms with E-state index in [-0.39, 0.29) is 17.0 Å². The van der Waals surface area contributed by atoms with Gasteiger partial charge in [0, 0.05) is 23.1 Å². The summed E-state index contributed by atoms with van der Waals surface area (Å²) in [5.41, 5.74) is 2.21. The maximum absolute atomic E-state index is 12.2. The number of non-ortho nitro benzene ring substituents is 1. The van der Waals surface area contributed by atoms with Gasteiger partial charge in [-0.05, 0) is 24.4 Å². The summed E-state index contributed by atoms with van der Waals surface area (Å²) in [5, 5.41) is 26.1. The van der Waals surface area contributed by atoms with E-state index in [2.05, 4.69) is 10.5 Å². The molecule has 28 heavy (non-hydrogen) atoms. The third kappa shape index (κ3) is 4.24. The normalized spacial score (nSPS) is 12.0. The van der Waals surface area contributed by atoms with Crippen LogP contribution in [0, 0.1) is 10.1 Å². The second kappa shape index (κ2) is 8.17. The van der Waals surface area contributed by atoms with Crippen LogP contribution in [0.2, 0.25) is 0 Å². The molecule has 0 unspecified atom stereocenters. The number of carbonyl (C=O) groups is 1. The molecule has 3 rings (SSSR count). The summed E-state index contributed by atoms with van der Waals surface area (Å²) in [4.78, 5) is 22.4. The van der Waals surface area contributed by atoms with Crippen LogP contribution in [-0.2, 0) is 4.79 Å². The summed E-state index contributed by atoms with van der Waals surface area (Å²) in [7, 11) is 0. The van der Waals surface area contributed by atoms with Gasteiger partial charge in [0.25, 0.3) is 11.6 Å². The zero-order valence-electron chi connectivity index (χ0n) is 14.9. The number of phenolic OH excluding ortho intramolecular Hbond substituents is 1. The van der Waals surface area contributed by atoms with Crippen molar-refractivity contribution in [3.05, 3.63) is 76.3 Å². The molecule has 0 radical (unpaired) electrons. The molecule has 0 saturated heterocycles. The second-order valence-corrected chi connectivity index (χ2v) is 5.97. The van der Waals surface area contributed by atoms with Crippen molar-refractivity contribution >= 4 is 28.6 Å². The number of hydrogen-bond donors (Lipinski definition) is 2. The van der Waals surface area contributed by atoms with Crippen LogP contribution in [0.25, 0.3) is 10.8 Å². The Morgan fingerprint density at radius 1 is 1.21 bits per heavy atom. The van der Waals surface area contributed by atoms with Crippen LogP contribution in [0.3, 0.4) is 0 Å². The number of carbonyl (C=O) groups excluding carboxylic acids is 1. The van der Waals surface area contributed by atoms with E-state index in [1.807, 2.05) is 36.4 Å². The smallest absolute Gasteiger partial charge is 0.280 e. The summed E-state index contributed by atoms with van der Waals surface area (Å²) < 4.78 is 5.74. The van der Waals surface area contributed by atoms with Gasteiger partial charge in [-0.1, -0.05) is 36.4 Å². The largest absolute Gasteiger partial charge is 0.507 e. The summed E-state index contributed by atoms with van der Waals surface area (Å²) in [6.45, 7) is 1.58. The molecule has 3 aromatic rings. The standard InChI is InChI=1S/C20H17N3O5/c1-13(28-19-8-4-6-14-5-2-3-7-17(14)19)20(25)22-21-12-15-11-16(23(26)27)9-10-18(15)24/h2-13,24H,1H3,(H,22,25)/b21-12+/t13-/m1/s1. The van der Waals surface area contributed by atoms with Gasteiger partial charge in [-0.15, -0.1) is 0 Å².